The first-order chi connectivity index (χ1) is 13.3. The van der Waals surface area contributed by atoms with E-state index in [1.54, 1.807) is 19.0 Å². The van der Waals surface area contributed by atoms with Crippen LogP contribution in [0.15, 0.2) is 64.2 Å². The first-order valence-corrected chi connectivity index (χ1v) is 10.0. The minimum Gasteiger partial charge on any atom is -0.411 e. The summed E-state index contributed by atoms with van der Waals surface area (Å²) in [5.74, 6) is 0.428. The fourth-order valence-electron chi connectivity index (χ4n) is 2.71. The summed E-state index contributed by atoms with van der Waals surface area (Å²) in [6.45, 7) is 6.53. The number of carbonyl (C=O) groups is 1. The quantitative estimate of drug-likeness (QED) is 0.572. The highest BCUT2D eigenvalue weighted by atomic mass is 32.2. The lowest BCUT2D eigenvalue weighted by Gasteiger charge is -2.19. The molecule has 0 bridgehead atoms. The van der Waals surface area contributed by atoms with E-state index in [1.165, 1.54) is 17.3 Å². The lowest BCUT2D eigenvalue weighted by molar-refractivity contribution is -0.128. The van der Waals surface area contributed by atoms with Gasteiger partial charge in [0.2, 0.25) is 11.8 Å². The first kappa shape index (κ1) is 20.1. The minimum atomic E-state index is -0.437. The van der Waals surface area contributed by atoms with Gasteiger partial charge in [-0.05, 0) is 40.4 Å². The van der Waals surface area contributed by atoms with E-state index in [1.807, 2.05) is 42.5 Å². The highest BCUT2D eigenvalue weighted by Crippen LogP contribution is 2.37. The Hall–Kier alpha value is -2.60. The summed E-state index contributed by atoms with van der Waals surface area (Å²) in [6.07, 6.45) is 0. The Bertz CT molecular complexity index is 928. The Labute approximate surface area is 170 Å². The number of rotatable bonds is 5. The Morgan fingerprint density at radius 3 is 2.21 bits per heavy atom. The Kier molecular flexibility index (Phi) is 5.89. The van der Waals surface area contributed by atoms with Crippen molar-refractivity contribution < 1.29 is 9.21 Å². The van der Waals surface area contributed by atoms with E-state index in [0.29, 0.717) is 11.1 Å². The normalized spacial score (nSPS) is 12.6. The third-order valence-electron chi connectivity index (χ3n) is 4.39. The second-order valence-electron chi connectivity index (χ2n) is 7.84. The molecule has 3 rings (SSSR count). The van der Waals surface area contributed by atoms with Crippen LogP contribution in [0.4, 0.5) is 0 Å². The second-order valence-corrected chi connectivity index (χ2v) is 8.90. The predicted octanol–water partition coefficient (Wildman–Crippen LogP) is 4.96. The van der Waals surface area contributed by atoms with Crippen molar-refractivity contribution >= 4 is 17.7 Å². The van der Waals surface area contributed by atoms with E-state index >= 15 is 0 Å². The summed E-state index contributed by atoms with van der Waals surface area (Å²) in [5.41, 5.74) is 3.10. The van der Waals surface area contributed by atoms with Gasteiger partial charge in [0.1, 0.15) is 5.25 Å². The molecule has 0 aliphatic carbocycles. The molecule has 1 heterocycles. The molecule has 28 heavy (non-hydrogen) atoms. The molecule has 0 spiro atoms. The third-order valence-corrected chi connectivity index (χ3v) is 5.47. The van der Waals surface area contributed by atoms with Crippen molar-refractivity contribution in [1.29, 1.82) is 0 Å². The molecule has 5 nitrogen and oxygen atoms in total. The molecule has 3 aromatic rings. The standard InChI is InChI=1S/C22H25N3O2S/c1-22(2,3)17-13-11-16(12-14-17)19-23-24-21(27-19)28-18(20(26)25(4)5)15-9-7-6-8-10-15/h6-14,18H,1-5H3/t18-/m0/s1. The van der Waals surface area contributed by atoms with Crippen molar-refractivity contribution in [2.45, 2.75) is 36.7 Å². The van der Waals surface area contributed by atoms with Crippen molar-refractivity contribution in [3.63, 3.8) is 0 Å². The molecule has 0 N–H and O–H groups in total. The number of benzene rings is 2. The maximum atomic E-state index is 12.7. The minimum absolute atomic E-state index is 0.0227. The van der Waals surface area contributed by atoms with E-state index in [2.05, 4.69) is 43.1 Å². The average Bonchev–Trinajstić information content (AvgIpc) is 3.14. The van der Waals surface area contributed by atoms with Crippen molar-refractivity contribution in [1.82, 2.24) is 15.1 Å². The van der Waals surface area contributed by atoms with E-state index in [4.69, 9.17) is 4.42 Å². The van der Waals surface area contributed by atoms with Crippen LogP contribution < -0.4 is 0 Å². The van der Waals surface area contributed by atoms with Gasteiger partial charge in [-0.25, -0.2) is 0 Å². The van der Waals surface area contributed by atoms with Crippen LogP contribution >= 0.6 is 11.8 Å². The van der Waals surface area contributed by atoms with Crippen molar-refractivity contribution in [3.05, 3.63) is 65.7 Å². The molecule has 0 aliphatic heterocycles. The molecule has 0 fully saturated rings. The molecule has 6 heteroatoms. The molecule has 146 valence electrons. The zero-order valence-corrected chi connectivity index (χ0v) is 17.7. The average molecular weight is 396 g/mol. The van der Waals surface area contributed by atoms with Crippen molar-refractivity contribution in [2.75, 3.05) is 14.1 Å². The Morgan fingerprint density at radius 2 is 1.64 bits per heavy atom. The fourth-order valence-corrected chi connectivity index (χ4v) is 3.73. The van der Waals surface area contributed by atoms with E-state index in [9.17, 15) is 4.79 Å². The number of amides is 1. The van der Waals surface area contributed by atoms with Gasteiger partial charge in [-0.3, -0.25) is 4.79 Å². The molecule has 1 atom stereocenters. The summed E-state index contributed by atoms with van der Waals surface area (Å²) in [4.78, 5) is 14.2. The van der Waals surface area contributed by atoms with Gasteiger partial charge in [0.15, 0.2) is 0 Å². The smallest absolute Gasteiger partial charge is 0.277 e. The van der Waals surface area contributed by atoms with Gasteiger partial charge in [-0.1, -0.05) is 63.2 Å². The highest BCUT2D eigenvalue weighted by molar-refractivity contribution is 8.00. The van der Waals surface area contributed by atoms with Gasteiger partial charge in [0.05, 0.1) is 0 Å². The maximum Gasteiger partial charge on any atom is 0.277 e. The summed E-state index contributed by atoms with van der Waals surface area (Å²) >= 11 is 1.27. The summed E-state index contributed by atoms with van der Waals surface area (Å²) in [7, 11) is 3.49. The summed E-state index contributed by atoms with van der Waals surface area (Å²) in [6, 6.07) is 17.8. The molecule has 0 aliphatic rings. The molecule has 0 unspecified atom stereocenters. The largest absolute Gasteiger partial charge is 0.411 e. The molecule has 2 aromatic carbocycles. The molecule has 1 amide bonds. The van der Waals surface area contributed by atoms with E-state index in [-0.39, 0.29) is 11.3 Å². The molecule has 0 radical (unpaired) electrons. The summed E-state index contributed by atoms with van der Waals surface area (Å²) < 4.78 is 5.85. The van der Waals surface area contributed by atoms with Gasteiger partial charge in [0, 0.05) is 19.7 Å². The predicted molar refractivity (Wildman–Crippen MR) is 112 cm³/mol. The van der Waals surface area contributed by atoms with Crippen LogP contribution in [-0.2, 0) is 10.2 Å². The van der Waals surface area contributed by atoms with E-state index in [0.717, 1.165) is 11.1 Å². The first-order valence-electron chi connectivity index (χ1n) is 9.13. The van der Waals surface area contributed by atoms with Crippen LogP contribution in [0.5, 0.6) is 0 Å². The molecule has 0 saturated heterocycles. The Balaban J connectivity index is 1.83. The number of aromatic nitrogens is 2. The van der Waals surface area contributed by atoms with Crippen LogP contribution in [-0.4, -0.2) is 35.1 Å². The van der Waals surface area contributed by atoms with Gasteiger partial charge < -0.3 is 9.32 Å². The van der Waals surface area contributed by atoms with Crippen molar-refractivity contribution in [3.8, 4) is 11.5 Å². The monoisotopic (exact) mass is 395 g/mol. The van der Waals surface area contributed by atoms with Crippen LogP contribution in [0.25, 0.3) is 11.5 Å². The molecule has 1 aromatic heterocycles. The van der Waals surface area contributed by atoms with Gasteiger partial charge in [-0.2, -0.15) is 0 Å². The number of nitrogens with zero attached hydrogens (tertiary/aromatic N) is 3. The van der Waals surface area contributed by atoms with Gasteiger partial charge in [-0.15, -0.1) is 10.2 Å². The van der Waals surface area contributed by atoms with E-state index < -0.39 is 5.25 Å². The number of hydrogen-bond acceptors (Lipinski definition) is 5. The SMILES string of the molecule is CN(C)C(=O)[C@@H](Sc1nnc(-c2ccc(C(C)(C)C)cc2)o1)c1ccccc1. The zero-order chi connectivity index (χ0) is 20.3. The van der Waals surface area contributed by atoms with Gasteiger partial charge >= 0.3 is 0 Å². The van der Waals surface area contributed by atoms with Gasteiger partial charge in [0.25, 0.3) is 5.22 Å². The van der Waals surface area contributed by atoms with Crippen LogP contribution in [0.3, 0.4) is 0 Å². The van der Waals surface area contributed by atoms with Crippen LogP contribution in [0.2, 0.25) is 0 Å². The highest BCUT2D eigenvalue weighted by Gasteiger charge is 2.26. The van der Waals surface area contributed by atoms with Crippen LogP contribution in [0, 0.1) is 0 Å². The Morgan fingerprint density at radius 1 is 1.00 bits per heavy atom. The molecular formula is C22H25N3O2S. The fraction of sp³-hybridized carbons (Fsp3) is 0.318. The number of carbonyl (C=O) groups excluding carboxylic acids is 1. The second kappa shape index (κ2) is 8.19. The molecule has 0 saturated carbocycles. The third kappa shape index (κ3) is 4.62. The van der Waals surface area contributed by atoms with Crippen LogP contribution in [0.1, 0.15) is 37.1 Å². The zero-order valence-electron chi connectivity index (χ0n) is 16.8. The number of hydrogen-bond donors (Lipinski definition) is 0. The molecular weight excluding hydrogens is 370 g/mol. The lowest BCUT2D eigenvalue weighted by atomic mass is 9.87. The summed E-state index contributed by atoms with van der Waals surface area (Å²) in [5, 5.41) is 8.25. The number of likely N-dealkylation sites (N-methyl/N-ethyl adjacent to an activating group) is 1. The lowest BCUT2D eigenvalue weighted by Crippen LogP contribution is -2.26. The number of thioether (sulfide) groups is 1. The van der Waals surface area contributed by atoms with Crippen molar-refractivity contribution in [2.24, 2.45) is 0 Å². The maximum absolute atomic E-state index is 12.7. The topological polar surface area (TPSA) is 59.2 Å².